The van der Waals surface area contributed by atoms with Gasteiger partial charge in [-0.05, 0) is 50.1 Å². The van der Waals surface area contributed by atoms with Crippen molar-refractivity contribution < 1.29 is 14.6 Å². The molecule has 104 valence electrons. The molecular weight excluding hydrogens is 280 g/mol. The zero-order chi connectivity index (χ0) is 14.9. The summed E-state index contributed by atoms with van der Waals surface area (Å²) in [5, 5.41) is 9.60. The fraction of sp³-hybridized carbons (Fsp3) is 0.214. The first-order chi connectivity index (χ1) is 9.36. The van der Waals surface area contributed by atoms with Crippen molar-refractivity contribution in [1.29, 1.82) is 0 Å². The van der Waals surface area contributed by atoms with Gasteiger partial charge in [-0.25, -0.2) is 9.78 Å². The Morgan fingerprint density at radius 3 is 2.30 bits per heavy atom. The van der Waals surface area contributed by atoms with Crippen molar-refractivity contribution in [3.8, 4) is 11.8 Å². The summed E-state index contributed by atoms with van der Waals surface area (Å²) in [6, 6.07) is 4.92. The van der Waals surface area contributed by atoms with Crippen molar-refractivity contribution in [1.82, 2.24) is 9.97 Å². The van der Waals surface area contributed by atoms with E-state index >= 15 is 0 Å². The van der Waals surface area contributed by atoms with Crippen LogP contribution in [0.15, 0.2) is 18.2 Å². The van der Waals surface area contributed by atoms with E-state index in [1.165, 1.54) is 6.07 Å². The normalized spacial score (nSPS) is 10.4. The second-order valence-electron chi connectivity index (χ2n) is 4.45. The van der Waals surface area contributed by atoms with Crippen molar-refractivity contribution in [3.05, 3.63) is 45.7 Å². The average Bonchev–Trinajstić information content (AvgIpc) is 2.33. The number of hydrogen-bond donors (Lipinski definition) is 1. The van der Waals surface area contributed by atoms with Crippen molar-refractivity contribution >= 4 is 17.6 Å². The lowest BCUT2D eigenvalue weighted by Gasteiger charge is -2.11. The number of aromatic nitrogens is 2. The summed E-state index contributed by atoms with van der Waals surface area (Å²) in [5.74, 6) is -0.541. The van der Waals surface area contributed by atoms with E-state index in [9.17, 15) is 4.79 Å². The van der Waals surface area contributed by atoms with Gasteiger partial charge < -0.3 is 9.84 Å². The molecule has 20 heavy (non-hydrogen) atoms. The fourth-order valence-electron chi connectivity index (χ4n) is 1.85. The Morgan fingerprint density at radius 2 is 1.75 bits per heavy atom. The van der Waals surface area contributed by atoms with Crippen LogP contribution in [0.4, 0.5) is 0 Å². The first kappa shape index (κ1) is 14.3. The van der Waals surface area contributed by atoms with E-state index in [2.05, 4.69) is 9.97 Å². The first-order valence-corrected chi connectivity index (χ1v) is 6.28. The van der Waals surface area contributed by atoms with Gasteiger partial charge in [-0.1, -0.05) is 11.6 Å². The Balaban J connectivity index is 2.42. The highest BCUT2D eigenvalue weighted by molar-refractivity contribution is 6.30. The van der Waals surface area contributed by atoms with Crippen LogP contribution in [0.3, 0.4) is 0 Å². The van der Waals surface area contributed by atoms with Crippen LogP contribution >= 0.6 is 11.6 Å². The highest BCUT2D eigenvalue weighted by atomic mass is 35.5. The van der Waals surface area contributed by atoms with Crippen LogP contribution < -0.4 is 4.74 Å². The van der Waals surface area contributed by atoms with E-state index in [1.54, 1.807) is 19.1 Å². The topological polar surface area (TPSA) is 72.3 Å². The summed E-state index contributed by atoms with van der Waals surface area (Å²) in [5.41, 5.74) is 2.09. The van der Waals surface area contributed by atoms with Crippen molar-refractivity contribution in [2.45, 2.75) is 20.8 Å². The number of aryl methyl sites for hydroxylation is 3. The van der Waals surface area contributed by atoms with Crippen LogP contribution in [-0.4, -0.2) is 21.0 Å². The van der Waals surface area contributed by atoms with Gasteiger partial charge in [0.2, 0.25) is 0 Å². The van der Waals surface area contributed by atoms with Gasteiger partial charge >= 0.3 is 12.0 Å². The largest absolute Gasteiger partial charge is 0.477 e. The quantitative estimate of drug-likeness (QED) is 0.936. The van der Waals surface area contributed by atoms with Gasteiger partial charge in [-0.2, -0.15) is 4.98 Å². The lowest BCUT2D eigenvalue weighted by atomic mass is 10.1. The second kappa shape index (κ2) is 5.46. The maximum Gasteiger partial charge on any atom is 0.354 e. The van der Waals surface area contributed by atoms with Gasteiger partial charge in [0.25, 0.3) is 0 Å². The maximum atomic E-state index is 11.0. The van der Waals surface area contributed by atoms with Crippen LogP contribution in [0.1, 0.15) is 27.3 Å². The molecule has 0 unspecified atom stereocenters. The predicted molar refractivity (Wildman–Crippen MR) is 74.7 cm³/mol. The van der Waals surface area contributed by atoms with E-state index in [1.807, 2.05) is 13.8 Å². The molecule has 2 aromatic rings. The van der Waals surface area contributed by atoms with E-state index in [4.69, 9.17) is 21.4 Å². The predicted octanol–water partition coefficient (Wildman–Crippen LogP) is 3.55. The molecule has 6 heteroatoms. The summed E-state index contributed by atoms with van der Waals surface area (Å²) in [6.07, 6.45) is 0. The molecule has 0 aliphatic carbocycles. The van der Waals surface area contributed by atoms with Gasteiger partial charge in [-0.3, -0.25) is 0 Å². The summed E-state index contributed by atoms with van der Waals surface area (Å²) >= 11 is 5.95. The molecule has 0 aliphatic rings. The number of halogens is 1. The minimum atomic E-state index is -1.12. The number of rotatable bonds is 3. The first-order valence-electron chi connectivity index (χ1n) is 5.90. The monoisotopic (exact) mass is 292 g/mol. The van der Waals surface area contributed by atoms with Gasteiger partial charge in [0.15, 0.2) is 5.69 Å². The molecule has 0 fully saturated rings. The molecule has 0 radical (unpaired) electrons. The number of carboxylic acid groups (broad SMARTS) is 1. The van der Waals surface area contributed by atoms with Crippen LogP contribution in [0, 0.1) is 20.8 Å². The van der Waals surface area contributed by atoms with E-state index < -0.39 is 5.97 Å². The molecule has 2 rings (SSSR count). The zero-order valence-electron chi connectivity index (χ0n) is 11.3. The smallest absolute Gasteiger partial charge is 0.354 e. The number of ether oxygens (including phenoxy) is 1. The highest BCUT2D eigenvalue weighted by Crippen LogP contribution is 2.30. The molecular formula is C14H13ClN2O3. The van der Waals surface area contributed by atoms with E-state index in [0.29, 0.717) is 16.5 Å². The van der Waals surface area contributed by atoms with Crippen molar-refractivity contribution in [2.24, 2.45) is 0 Å². The van der Waals surface area contributed by atoms with Crippen LogP contribution in [0.5, 0.6) is 11.8 Å². The summed E-state index contributed by atoms with van der Waals surface area (Å²) in [4.78, 5) is 18.9. The fourth-order valence-corrected chi connectivity index (χ4v) is 2.17. The van der Waals surface area contributed by atoms with Gasteiger partial charge in [0.1, 0.15) is 5.75 Å². The molecule has 1 aromatic heterocycles. The highest BCUT2D eigenvalue weighted by Gasteiger charge is 2.13. The molecule has 0 saturated carbocycles. The molecule has 1 N–H and O–H groups in total. The van der Waals surface area contributed by atoms with Crippen LogP contribution in [0.2, 0.25) is 5.02 Å². The van der Waals surface area contributed by atoms with Crippen molar-refractivity contribution in [2.75, 3.05) is 0 Å². The van der Waals surface area contributed by atoms with Gasteiger partial charge in [-0.15, -0.1) is 0 Å². The van der Waals surface area contributed by atoms with E-state index in [0.717, 1.165) is 11.1 Å². The lowest BCUT2D eigenvalue weighted by molar-refractivity contribution is 0.0689. The van der Waals surface area contributed by atoms with Crippen LogP contribution in [0.25, 0.3) is 0 Å². The van der Waals surface area contributed by atoms with Gasteiger partial charge in [0.05, 0.1) is 0 Å². The third-order valence-corrected chi connectivity index (χ3v) is 2.89. The second-order valence-corrected chi connectivity index (χ2v) is 4.89. The maximum absolute atomic E-state index is 11.0. The molecule has 0 saturated heterocycles. The number of benzene rings is 1. The number of carbonyl (C=O) groups is 1. The standard InChI is InChI=1S/C14H13ClN2O3/c1-7-4-10(15)5-8(2)12(7)20-14-16-9(3)6-11(17-14)13(18)19/h4-6H,1-3H3,(H,18,19). The molecule has 1 heterocycles. The Labute approximate surface area is 121 Å². The average molecular weight is 293 g/mol. The molecule has 0 amide bonds. The van der Waals surface area contributed by atoms with Crippen molar-refractivity contribution in [3.63, 3.8) is 0 Å². The lowest BCUT2D eigenvalue weighted by Crippen LogP contribution is -2.05. The summed E-state index contributed by atoms with van der Waals surface area (Å²) < 4.78 is 5.62. The third kappa shape index (κ3) is 3.05. The number of hydrogen-bond acceptors (Lipinski definition) is 4. The molecule has 1 aromatic carbocycles. The number of nitrogens with zero attached hydrogens (tertiary/aromatic N) is 2. The third-order valence-electron chi connectivity index (χ3n) is 2.67. The van der Waals surface area contributed by atoms with Gasteiger partial charge in [0, 0.05) is 10.7 Å². The number of aromatic carboxylic acids is 1. The molecule has 5 nitrogen and oxygen atoms in total. The summed E-state index contributed by atoms with van der Waals surface area (Å²) in [7, 11) is 0. The van der Waals surface area contributed by atoms with E-state index in [-0.39, 0.29) is 11.7 Å². The Kier molecular flexibility index (Phi) is 3.90. The minimum Gasteiger partial charge on any atom is -0.477 e. The Morgan fingerprint density at radius 1 is 1.15 bits per heavy atom. The molecule has 0 bridgehead atoms. The Hall–Kier alpha value is -2.14. The molecule has 0 aliphatic heterocycles. The molecule has 0 spiro atoms. The Bertz CT molecular complexity index is 663. The van der Waals surface area contributed by atoms with Crippen LogP contribution in [-0.2, 0) is 0 Å². The summed E-state index contributed by atoms with van der Waals surface area (Å²) in [6.45, 7) is 5.38. The zero-order valence-corrected chi connectivity index (χ0v) is 12.0. The number of carboxylic acids is 1. The SMILES string of the molecule is Cc1cc(C(=O)O)nc(Oc2c(C)cc(Cl)cc2C)n1. The minimum absolute atomic E-state index is 0.0101. The molecule has 0 atom stereocenters.